The summed E-state index contributed by atoms with van der Waals surface area (Å²) in [5.41, 5.74) is 6.28. The number of nitrogens with zero attached hydrogens (tertiary/aromatic N) is 3. The Balaban J connectivity index is 1.12. The van der Waals surface area contributed by atoms with Crippen molar-refractivity contribution in [3.8, 4) is 11.1 Å². The minimum Gasteiger partial charge on any atom is -0.459 e. The highest BCUT2D eigenvalue weighted by Crippen LogP contribution is 2.31. The fraction of sp³-hybridized carbons (Fsp3) is 0.300. The number of hydrogen-bond donors (Lipinski definition) is 1. The molecule has 2 aliphatic heterocycles. The minimum atomic E-state index is -2.69. The lowest BCUT2D eigenvalue weighted by molar-refractivity contribution is -0.0494. The van der Waals surface area contributed by atoms with E-state index in [1.165, 1.54) is 4.90 Å². The Labute approximate surface area is 224 Å². The number of piperidine rings is 1. The zero-order valence-electron chi connectivity index (χ0n) is 21.5. The van der Waals surface area contributed by atoms with Gasteiger partial charge in [0.2, 0.25) is 0 Å². The molecule has 1 saturated heterocycles. The summed E-state index contributed by atoms with van der Waals surface area (Å²) in [4.78, 5) is 32.8. The van der Waals surface area contributed by atoms with E-state index in [9.17, 15) is 18.4 Å². The topological polar surface area (TPSA) is 78.7 Å². The van der Waals surface area contributed by atoms with Gasteiger partial charge >= 0.3 is 6.03 Å². The predicted octanol–water partition coefficient (Wildman–Crippen LogP) is 5.90. The summed E-state index contributed by atoms with van der Waals surface area (Å²) < 4.78 is 33.0. The number of pyridine rings is 1. The van der Waals surface area contributed by atoms with Gasteiger partial charge in [0.05, 0.1) is 6.54 Å². The van der Waals surface area contributed by atoms with Gasteiger partial charge in [-0.15, -0.1) is 0 Å². The summed E-state index contributed by atoms with van der Waals surface area (Å²) in [5, 5.41) is 3.87. The van der Waals surface area contributed by atoms with Crippen LogP contribution in [0.1, 0.15) is 45.7 Å². The SMILES string of the molecule is Cc1cc(-c2ccc(C(=O)N3CCC(F)(F)CC3)cc2)cc2cc(CNC(=O)N3Cc4ccncc4C3)oc12. The van der Waals surface area contributed by atoms with Crippen LogP contribution in [0.4, 0.5) is 13.6 Å². The molecular weight excluding hydrogens is 502 g/mol. The number of carbonyl (C=O) groups excluding carboxylic acids is 2. The van der Waals surface area contributed by atoms with Gasteiger partial charge in [-0.25, -0.2) is 13.6 Å². The van der Waals surface area contributed by atoms with E-state index in [-0.39, 0.29) is 44.4 Å². The van der Waals surface area contributed by atoms with E-state index in [4.69, 9.17) is 4.42 Å². The number of hydrogen-bond acceptors (Lipinski definition) is 4. The molecule has 2 aliphatic rings. The highest BCUT2D eigenvalue weighted by molar-refractivity contribution is 5.95. The molecule has 0 radical (unpaired) electrons. The van der Waals surface area contributed by atoms with Crippen molar-refractivity contribution in [3.05, 3.63) is 88.9 Å². The van der Waals surface area contributed by atoms with Gasteiger partial charge in [0.1, 0.15) is 11.3 Å². The van der Waals surface area contributed by atoms with Crippen LogP contribution in [0.15, 0.2) is 65.3 Å². The van der Waals surface area contributed by atoms with E-state index in [2.05, 4.69) is 10.3 Å². The van der Waals surface area contributed by atoms with Crippen molar-refractivity contribution in [2.75, 3.05) is 13.1 Å². The first kappa shape index (κ1) is 25.0. The molecule has 0 aliphatic carbocycles. The van der Waals surface area contributed by atoms with Crippen molar-refractivity contribution in [2.24, 2.45) is 0 Å². The molecule has 1 fully saturated rings. The highest BCUT2D eigenvalue weighted by Gasteiger charge is 2.35. The Bertz CT molecular complexity index is 1530. The van der Waals surface area contributed by atoms with E-state index in [1.54, 1.807) is 29.4 Å². The Morgan fingerprint density at radius 2 is 1.72 bits per heavy atom. The van der Waals surface area contributed by atoms with Crippen LogP contribution >= 0.6 is 0 Å². The molecule has 0 spiro atoms. The van der Waals surface area contributed by atoms with Crippen LogP contribution in [-0.4, -0.2) is 45.7 Å². The fourth-order valence-electron chi connectivity index (χ4n) is 5.30. The van der Waals surface area contributed by atoms with Crippen LogP contribution in [0, 0.1) is 6.92 Å². The van der Waals surface area contributed by atoms with Crippen LogP contribution in [0.2, 0.25) is 0 Å². The summed E-state index contributed by atoms with van der Waals surface area (Å²) in [7, 11) is 0. The van der Waals surface area contributed by atoms with Gasteiger partial charge in [-0.2, -0.15) is 0 Å². The normalized spacial score (nSPS) is 16.4. The molecule has 2 aromatic carbocycles. The average Bonchev–Trinajstić information content (AvgIpc) is 3.56. The summed E-state index contributed by atoms with van der Waals surface area (Å²) in [6, 6.07) is 15.0. The quantitative estimate of drug-likeness (QED) is 0.356. The van der Waals surface area contributed by atoms with E-state index in [0.29, 0.717) is 24.4 Å². The lowest BCUT2D eigenvalue weighted by atomic mass is 9.99. The number of amides is 3. The first-order chi connectivity index (χ1) is 18.8. The molecular formula is C30H28F2N4O3. The van der Waals surface area contributed by atoms with Gasteiger partial charge in [-0.3, -0.25) is 9.78 Å². The van der Waals surface area contributed by atoms with Crippen molar-refractivity contribution < 1.29 is 22.8 Å². The minimum absolute atomic E-state index is 0.0654. The number of rotatable bonds is 4. The molecule has 39 heavy (non-hydrogen) atoms. The zero-order valence-corrected chi connectivity index (χ0v) is 21.5. The molecule has 0 atom stereocenters. The Morgan fingerprint density at radius 1 is 0.974 bits per heavy atom. The first-order valence-electron chi connectivity index (χ1n) is 13.0. The first-order valence-corrected chi connectivity index (χ1v) is 13.0. The molecule has 3 amide bonds. The molecule has 6 rings (SSSR count). The van der Waals surface area contributed by atoms with Gasteiger partial charge < -0.3 is 19.5 Å². The van der Waals surface area contributed by atoms with Crippen molar-refractivity contribution in [3.63, 3.8) is 0 Å². The number of urea groups is 1. The van der Waals surface area contributed by atoms with Gasteiger partial charge in [-0.05, 0) is 71.1 Å². The maximum Gasteiger partial charge on any atom is 0.318 e. The molecule has 4 heterocycles. The van der Waals surface area contributed by atoms with Gasteiger partial charge in [0, 0.05) is 62.4 Å². The second-order valence-electron chi connectivity index (χ2n) is 10.3. The average molecular weight is 531 g/mol. The van der Waals surface area contributed by atoms with Crippen molar-refractivity contribution in [1.29, 1.82) is 0 Å². The molecule has 2 aromatic heterocycles. The molecule has 0 unspecified atom stereocenters. The largest absolute Gasteiger partial charge is 0.459 e. The lowest BCUT2D eigenvalue weighted by Gasteiger charge is -2.31. The number of benzene rings is 2. The summed E-state index contributed by atoms with van der Waals surface area (Å²) in [6.07, 6.45) is 2.94. The summed E-state index contributed by atoms with van der Waals surface area (Å²) in [6.45, 7) is 3.47. The maximum absolute atomic E-state index is 13.5. The number of alkyl halides is 2. The lowest BCUT2D eigenvalue weighted by Crippen LogP contribution is -2.42. The predicted molar refractivity (Wildman–Crippen MR) is 142 cm³/mol. The van der Waals surface area contributed by atoms with Crippen molar-refractivity contribution >= 4 is 22.9 Å². The van der Waals surface area contributed by atoms with Gasteiger partial charge in [-0.1, -0.05) is 12.1 Å². The Hall–Kier alpha value is -4.27. The number of likely N-dealkylation sites (tertiary alicyclic amines) is 1. The van der Waals surface area contributed by atoms with Crippen LogP contribution < -0.4 is 5.32 Å². The molecule has 9 heteroatoms. The standard InChI is InChI=1S/C30H28F2N4O3/c1-19-12-23(20-2-4-21(5-3-20)28(37)35-10-7-30(31,32)8-11-35)13-24-14-26(39-27(19)24)16-34-29(38)36-17-22-6-9-33-15-25(22)18-36/h2-6,9,12-15H,7-8,10-11,16-18H2,1H3,(H,34,38). The number of aromatic nitrogens is 1. The Morgan fingerprint density at radius 3 is 2.46 bits per heavy atom. The smallest absolute Gasteiger partial charge is 0.318 e. The van der Waals surface area contributed by atoms with Crippen LogP contribution in [0.25, 0.3) is 22.1 Å². The van der Waals surface area contributed by atoms with Crippen molar-refractivity contribution in [2.45, 2.75) is 45.3 Å². The van der Waals surface area contributed by atoms with E-state index in [1.807, 2.05) is 43.3 Å². The Kier molecular flexibility index (Phi) is 6.29. The fourth-order valence-corrected chi connectivity index (χ4v) is 5.30. The van der Waals surface area contributed by atoms with Crippen LogP contribution in [0.5, 0.6) is 0 Å². The molecule has 4 aromatic rings. The summed E-state index contributed by atoms with van der Waals surface area (Å²) in [5.74, 6) is -2.25. The second kappa shape index (κ2) is 9.80. The number of halogens is 2. The van der Waals surface area contributed by atoms with Gasteiger partial charge in [0.25, 0.3) is 11.8 Å². The zero-order chi connectivity index (χ0) is 27.1. The number of fused-ring (bicyclic) bond motifs is 2. The third kappa shape index (κ3) is 5.08. The summed E-state index contributed by atoms with van der Waals surface area (Å²) >= 11 is 0. The molecule has 7 nitrogen and oxygen atoms in total. The third-order valence-electron chi connectivity index (χ3n) is 7.53. The second-order valence-corrected chi connectivity index (χ2v) is 10.3. The molecule has 0 bridgehead atoms. The molecule has 1 N–H and O–H groups in total. The highest BCUT2D eigenvalue weighted by atomic mass is 19.3. The molecule has 200 valence electrons. The monoisotopic (exact) mass is 530 g/mol. The van der Waals surface area contributed by atoms with E-state index < -0.39 is 5.92 Å². The van der Waals surface area contributed by atoms with Crippen molar-refractivity contribution in [1.82, 2.24) is 20.1 Å². The molecule has 0 saturated carbocycles. The maximum atomic E-state index is 13.5. The van der Waals surface area contributed by atoms with Gasteiger partial charge in [0.15, 0.2) is 0 Å². The number of furan rings is 1. The van der Waals surface area contributed by atoms with E-state index >= 15 is 0 Å². The number of carbonyl (C=O) groups is 2. The van der Waals surface area contributed by atoms with Crippen LogP contribution in [-0.2, 0) is 19.6 Å². The number of nitrogens with one attached hydrogen (secondary N) is 1. The van der Waals surface area contributed by atoms with Crippen LogP contribution in [0.3, 0.4) is 0 Å². The third-order valence-corrected chi connectivity index (χ3v) is 7.53. The number of aryl methyl sites for hydroxylation is 1. The van der Waals surface area contributed by atoms with E-state index in [0.717, 1.165) is 38.8 Å².